The van der Waals surface area contributed by atoms with Crippen LogP contribution in [0, 0.1) is 5.92 Å². The van der Waals surface area contributed by atoms with Crippen LogP contribution in [0.3, 0.4) is 0 Å². The number of ether oxygens (including phenoxy) is 2. The van der Waals surface area contributed by atoms with Crippen molar-refractivity contribution >= 4 is 33.4 Å². The Hall–Kier alpha value is -1.79. The van der Waals surface area contributed by atoms with E-state index < -0.39 is 5.92 Å². The summed E-state index contributed by atoms with van der Waals surface area (Å²) < 4.78 is 11.3. The number of esters is 1. The third kappa shape index (κ3) is 3.81. The minimum atomic E-state index is -0.589. The fraction of sp³-hybridized carbons (Fsp3) is 0.450. The van der Waals surface area contributed by atoms with Crippen LogP contribution in [0.2, 0.25) is 0 Å². The monoisotopic (exact) mass is 419 g/mol. The summed E-state index contributed by atoms with van der Waals surface area (Å²) in [6.07, 6.45) is 2.09. The summed E-state index contributed by atoms with van der Waals surface area (Å²) in [4.78, 5) is 30.1. The third-order valence-corrected chi connectivity index (χ3v) is 5.38. The van der Waals surface area contributed by atoms with Gasteiger partial charge in [-0.2, -0.15) is 0 Å². The molecule has 0 saturated carbocycles. The second-order valence-corrected chi connectivity index (χ2v) is 7.47. The van der Waals surface area contributed by atoms with Gasteiger partial charge >= 0.3 is 5.97 Å². The van der Waals surface area contributed by atoms with E-state index in [0.29, 0.717) is 24.3 Å². The van der Waals surface area contributed by atoms with E-state index >= 15 is 0 Å². The Labute approximate surface area is 161 Å². The van der Waals surface area contributed by atoms with Crippen LogP contribution in [0.25, 0.3) is 0 Å². The topological polar surface area (TPSA) is 65.0 Å². The van der Waals surface area contributed by atoms with Gasteiger partial charge < -0.3 is 9.47 Å². The summed E-state index contributed by atoms with van der Waals surface area (Å²) in [5.74, 6) is -1.21. The predicted molar refractivity (Wildman–Crippen MR) is 102 cm³/mol. The lowest BCUT2D eigenvalue weighted by molar-refractivity contribution is -0.147. The Balaban J connectivity index is 2.02. The van der Waals surface area contributed by atoms with Crippen molar-refractivity contribution in [2.75, 3.05) is 20.3 Å². The van der Waals surface area contributed by atoms with Crippen molar-refractivity contribution in [3.05, 3.63) is 45.6 Å². The summed E-state index contributed by atoms with van der Waals surface area (Å²) in [6.45, 7) is 2.37. The van der Waals surface area contributed by atoms with Crippen LogP contribution in [0.5, 0.6) is 0 Å². The molecule has 3 rings (SSSR count). The van der Waals surface area contributed by atoms with Crippen molar-refractivity contribution in [1.82, 2.24) is 0 Å². The number of halogens is 1. The summed E-state index contributed by atoms with van der Waals surface area (Å²) >= 11 is 3.44. The zero-order valence-corrected chi connectivity index (χ0v) is 16.5. The highest BCUT2D eigenvalue weighted by Crippen LogP contribution is 2.43. The first-order valence-electron chi connectivity index (χ1n) is 8.75. The van der Waals surface area contributed by atoms with Gasteiger partial charge in [0.15, 0.2) is 5.78 Å². The maximum atomic E-state index is 12.8. The Morgan fingerprint density at radius 3 is 2.65 bits per heavy atom. The van der Waals surface area contributed by atoms with Crippen LogP contribution < -0.4 is 0 Å². The number of benzene rings is 1. The first kappa shape index (κ1) is 19.0. The molecule has 1 aliphatic heterocycles. The fourth-order valence-electron chi connectivity index (χ4n) is 3.66. The van der Waals surface area contributed by atoms with Gasteiger partial charge in [0.2, 0.25) is 0 Å². The normalized spacial score (nSPS) is 22.7. The standard InChI is InChI=1S/C20H22BrNO4/c1-12-17(20(24)26-11-10-25-2)18(13-6-8-14(21)9-7-13)19-15(22-12)4-3-5-16(19)23/h6-9,17-18H,3-5,10-11H2,1-2H3/t17?,18-/m0/s1. The second kappa shape index (κ2) is 8.27. The molecule has 2 atom stereocenters. The van der Waals surface area contributed by atoms with Gasteiger partial charge in [-0.3, -0.25) is 14.6 Å². The van der Waals surface area contributed by atoms with Crippen LogP contribution in [0.15, 0.2) is 45.0 Å². The van der Waals surface area contributed by atoms with Crippen molar-refractivity contribution in [3.8, 4) is 0 Å². The Bertz CT molecular complexity index is 767. The van der Waals surface area contributed by atoms with Gasteiger partial charge in [0.05, 0.1) is 6.61 Å². The van der Waals surface area contributed by atoms with Crippen molar-refractivity contribution in [2.45, 2.75) is 32.1 Å². The number of rotatable bonds is 5. The fourth-order valence-corrected chi connectivity index (χ4v) is 3.92. The average Bonchev–Trinajstić information content (AvgIpc) is 2.61. The summed E-state index contributed by atoms with van der Waals surface area (Å²) in [6, 6.07) is 7.76. The quantitative estimate of drug-likeness (QED) is 0.537. The number of hydrogen-bond donors (Lipinski definition) is 0. The molecule has 0 spiro atoms. The van der Waals surface area contributed by atoms with E-state index in [2.05, 4.69) is 20.9 Å². The van der Waals surface area contributed by atoms with Crippen LogP contribution in [-0.2, 0) is 19.1 Å². The van der Waals surface area contributed by atoms with Crippen LogP contribution >= 0.6 is 15.9 Å². The molecular formula is C20H22BrNO4. The number of Topliss-reactive ketones (excluding diaryl/α,β-unsaturated/α-hetero) is 1. The number of carbonyl (C=O) groups excluding carboxylic acids is 2. The van der Waals surface area contributed by atoms with Gasteiger partial charge in [-0.15, -0.1) is 0 Å². The van der Waals surface area contributed by atoms with E-state index in [-0.39, 0.29) is 24.3 Å². The Kier molecular flexibility index (Phi) is 6.04. The molecule has 0 fully saturated rings. The number of allylic oxidation sites excluding steroid dienone is 2. The number of nitrogens with zero attached hydrogens (tertiary/aromatic N) is 1. The maximum Gasteiger partial charge on any atom is 0.315 e. The van der Waals surface area contributed by atoms with Crippen LogP contribution in [0.1, 0.15) is 37.7 Å². The van der Waals surface area contributed by atoms with Crippen LogP contribution in [0.4, 0.5) is 0 Å². The van der Waals surface area contributed by atoms with Gasteiger partial charge in [-0.05, 0) is 37.5 Å². The summed E-state index contributed by atoms with van der Waals surface area (Å²) in [5, 5.41) is 0. The number of carbonyl (C=O) groups is 2. The summed E-state index contributed by atoms with van der Waals surface area (Å²) in [7, 11) is 1.56. The van der Waals surface area contributed by atoms with E-state index in [1.807, 2.05) is 31.2 Å². The molecule has 0 saturated heterocycles. The van der Waals surface area contributed by atoms with Gasteiger partial charge in [-0.1, -0.05) is 28.1 Å². The lowest BCUT2D eigenvalue weighted by Gasteiger charge is -2.34. The lowest BCUT2D eigenvalue weighted by Crippen LogP contribution is -2.37. The van der Waals surface area contributed by atoms with Crippen LogP contribution in [-0.4, -0.2) is 37.8 Å². The molecule has 0 amide bonds. The molecule has 138 valence electrons. The second-order valence-electron chi connectivity index (χ2n) is 6.56. The molecule has 1 aliphatic carbocycles. The first-order valence-corrected chi connectivity index (χ1v) is 9.54. The summed E-state index contributed by atoms with van der Waals surface area (Å²) in [5.41, 5.74) is 3.14. The van der Waals surface area contributed by atoms with Crippen molar-refractivity contribution < 1.29 is 19.1 Å². The smallest absolute Gasteiger partial charge is 0.315 e. The molecule has 1 aromatic carbocycles. The highest BCUT2D eigenvalue weighted by Gasteiger charge is 2.43. The zero-order chi connectivity index (χ0) is 18.7. The minimum absolute atomic E-state index is 0.0881. The third-order valence-electron chi connectivity index (χ3n) is 4.85. The SMILES string of the molecule is COCCOC(=O)C1C(C)=NC2=C(C(=O)CCC2)[C@H]1c1ccc(Br)cc1. The first-order chi connectivity index (χ1) is 12.5. The van der Waals surface area contributed by atoms with Gasteiger partial charge in [0.1, 0.15) is 12.5 Å². The molecule has 0 radical (unpaired) electrons. The molecule has 1 aromatic rings. The molecule has 0 aromatic heterocycles. The molecule has 2 aliphatic rings. The molecule has 0 bridgehead atoms. The molecule has 6 heteroatoms. The van der Waals surface area contributed by atoms with Crippen molar-refractivity contribution in [1.29, 1.82) is 0 Å². The van der Waals surface area contributed by atoms with E-state index in [4.69, 9.17) is 9.47 Å². The predicted octanol–water partition coefficient (Wildman–Crippen LogP) is 3.82. The van der Waals surface area contributed by atoms with E-state index in [9.17, 15) is 9.59 Å². The Morgan fingerprint density at radius 1 is 1.23 bits per heavy atom. The Morgan fingerprint density at radius 2 is 1.96 bits per heavy atom. The number of ketones is 1. The highest BCUT2D eigenvalue weighted by molar-refractivity contribution is 9.10. The molecule has 5 nitrogen and oxygen atoms in total. The number of hydrogen-bond acceptors (Lipinski definition) is 5. The molecular weight excluding hydrogens is 398 g/mol. The van der Waals surface area contributed by atoms with E-state index in [1.54, 1.807) is 7.11 Å². The largest absolute Gasteiger partial charge is 0.463 e. The molecule has 26 heavy (non-hydrogen) atoms. The van der Waals surface area contributed by atoms with Crippen molar-refractivity contribution in [2.24, 2.45) is 10.9 Å². The van der Waals surface area contributed by atoms with E-state index in [1.165, 1.54) is 0 Å². The molecule has 1 unspecified atom stereocenters. The van der Waals surface area contributed by atoms with Gasteiger partial charge in [-0.25, -0.2) is 0 Å². The van der Waals surface area contributed by atoms with Crippen molar-refractivity contribution in [3.63, 3.8) is 0 Å². The lowest BCUT2D eigenvalue weighted by atomic mass is 9.72. The zero-order valence-electron chi connectivity index (χ0n) is 15.0. The molecule has 0 N–H and O–H groups in total. The number of methoxy groups -OCH3 is 1. The van der Waals surface area contributed by atoms with Gasteiger partial charge in [0, 0.05) is 40.9 Å². The average molecular weight is 420 g/mol. The van der Waals surface area contributed by atoms with E-state index in [0.717, 1.165) is 28.6 Å². The maximum absolute atomic E-state index is 12.8. The number of aliphatic imine (C=N–C) groups is 1. The highest BCUT2D eigenvalue weighted by atomic mass is 79.9. The molecule has 1 heterocycles. The van der Waals surface area contributed by atoms with Gasteiger partial charge in [0.25, 0.3) is 0 Å². The minimum Gasteiger partial charge on any atom is -0.463 e.